The highest BCUT2D eigenvalue weighted by atomic mass is 79.9. The van der Waals surface area contributed by atoms with Crippen LogP contribution in [0.15, 0.2) is 18.3 Å². The number of pyridine rings is 1. The van der Waals surface area contributed by atoms with Crippen LogP contribution in [0.1, 0.15) is 16.1 Å². The Morgan fingerprint density at radius 2 is 2.53 bits per heavy atom. The Hall–Kier alpha value is -0.940. The van der Waals surface area contributed by atoms with Gasteiger partial charge in [-0.1, -0.05) is 22.0 Å². The van der Waals surface area contributed by atoms with Crippen LogP contribution in [0.4, 0.5) is 0 Å². The molecule has 0 bridgehead atoms. The van der Waals surface area contributed by atoms with E-state index in [4.69, 9.17) is 4.74 Å². The van der Waals surface area contributed by atoms with Gasteiger partial charge in [-0.05, 0) is 18.6 Å². The summed E-state index contributed by atoms with van der Waals surface area (Å²) in [5.74, 6) is -0.00384. The van der Waals surface area contributed by atoms with Crippen LogP contribution in [-0.2, 0) is 4.74 Å². The van der Waals surface area contributed by atoms with Crippen molar-refractivity contribution in [2.75, 3.05) is 25.1 Å². The van der Waals surface area contributed by atoms with Gasteiger partial charge in [0, 0.05) is 18.1 Å². The number of aryl methyl sites for hydroxylation is 1. The van der Waals surface area contributed by atoms with Crippen molar-refractivity contribution in [3.63, 3.8) is 0 Å². The minimum absolute atomic E-state index is 0.00384. The summed E-state index contributed by atoms with van der Waals surface area (Å²) >= 11 is 3.42. The van der Waals surface area contributed by atoms with Crippen LogP contribution >= 0.6 is 15.9 Å². The molecule has 1 aromatic rings. The molecule has 0 N–H and O–H groups in total. The first-order valence-corrected chi connectivity index (χ1v) is 6.72. The molecule has 92 valence electrons. The first kappa shape index (κ1) is 12.5. The number of hydrogen-bond donors (Lipinski definition) is 0. The molecule has 1 amide bonds. The lowest BCUT2D eigenvalue weighted by Crippen LogP contribution is -2.49. The summed E-state index contributed by atoms with van der Waals surface area (Å²) in [6, 6.07) is 3.84. The molecule has 2 heterocycles. The van der Waals surface area contributed by atoms with E-state index in [0.717, 1.165) is 10.9 Å². The van der Waals surface area contributed by atoms with Crippen LogP contribution < -0.4 is 0 Å². The minimum atomic E-state index is -0.00384. The van der Waals surface area contributed by atoms with Crippen molar-refractivity contribution in [3.8, 4) is 0 Å². The molecule has 1 unspecified atom stereocenters. The fourth-order valence-electron chi connectivity index (χ4n) is 1.90. The van der Waals surface area contributed by atoms with E-state index in [0.29, 0.717) is 25.5 Å². The van der Waals surface area contributed by atoms with E-state index < -0.39 is 0 Å². The monoisotopic (exact) mass is 298 g/mol. The van der Waals surface area contributed by atoms with Crippen molar-refractivity contribution in [2.24, 2.45) is 0 Å². The number of ether oxygens (including phenoxy) is 1. The van der Waals surface area contributed by atoms with E-state index >= 15 is 0 Å². The Bertz CT molecular complexity index is 411. The fraction of sp³-hybridized carbons (Fsp3) is 0.500. The zero-order valence-electron chi connectivity index (χ0n) is 9.73. The number of aromatic nitrogens is 1. The summed E-state index contributed by atoms with van der Waals surface area (Å²) in [6.07, 6.45) is 1.66. The van der Waals surface area contributed by atoms with E-state index in [-0.39, 0.29) is 11.9 Å². The van der Waals surface area contributed by atoms with Gasteiger partial charge in [-0.15, -0.1) is 0 Å². The number of carbonyl (C=O) groups is 1. The molecule has 1 aliphatic heterocycles. The van der Waals surface area contributed by atoms with Gasteiger partial charge in [-0.2, -0.15) is 0 Å². The van der Waals surface area contributed by atoms with E-state index in [9.17, 15) is 4.79 Å². The summed E-state index contributed by atoms with van der Waals surface area (Å²) in [6.45, 7) is 3.72. The van der Waals surface area contributed by atoms with Crippen LogP contribution in [-0.4, -0.2) is 46.9 Å². The van der Waals surface area contributed by atoms with Gasteiger partial charge in [0.05, 0.1) is 19.3 Å². The second-order valence-electron chi connectivity index (χ2n) is 4.05. The molecule has 1 atom stereocenters. The Morgan fingerprint density at radius 3 is 3.24 bits per heavy atom. The first-order valence-electron chi connectivity index (χ1n) is 5.60. The van der Waals surface area contributed by atoms with Gasteiger partial charge in [0.15, 0.2) is 0 Å². The van der Waals surface area contributed by atoms with Crippen LogP contribution in [0, 0.1) is 6.92 Å². The molecular formula is C12H15BrN2O2. The number of amides is 1. The second-order valence-corrected chi connectivity index (χ2v) is 4.70. The highest BCUT2D eigenvalue weighted by molar-refractivity contribution is 9.09. The average Bonchev–Trinajstić information content (AvgIpc) is 2.38. The molecule has 1 fully saturated rings. The van der Waals surface area contributed by atoms with Gasteiger partial charge in [0.25, 0.3) is 5.91 Å². The molecule has 17 heavy (non-hydrogen) atoms. The van der Waals surface area contributed by atoms with Crippen molar-refractivity contribution >= 4 is 21.8 Å². The van der Waals surface area contributed by atoms with Gasteiger partial charge in [-0.25, -0.2) is 0 Å². The lowest BCUT2D eigenvalue weighted by atomic mass is 10.1. The maximum absolute atomic E-state index is 12.4. The second kappa shape index (κ2) is 5.60. The van der Waals surface area contributed by atoms with Gasteiger partial charge >= 0.3 is 0 Å². The van der Waals surface area contributed by atoms with Gasteiger partial charge in [-0.3, -0.25) is 9.78 Å². The summed E-state index contributed by atoms with van der Waals surface area (Å²) in [7, 11) is 0. The summed E-state index contributed by atoms with van der Waals surface area (Å²) in [5.41, 5.74) is 1.46. The largest absolute Gasteiger partial charge is 0.377 e. The highest BCUT2D eigenvalue weighted by Gasteiger charge is 2.28. The van der Waals surface area contributed by atoms with Crippen molar-refractivity contribution in [1.82, 2.24) is 9.88 Å². The smallest absolute Gasteiger partial charge is 0.273 e. The number of nitrogens with zero attached hydrogens (tertiary/aromatic N) is 2. The maximum Gasteiger partial charge on any atom is 0.273 e. The summed E-state index contributed by atoms with van der Waals surface area (Å²) < 4.78 is 5.38. The molecule has 2 rings (SSSR count). The molecule has 1 saturated heterocycles. The van der Waals surface area contributed by atoms with Crippen LogP contribution in [0.5, 0.6) is 0 Å². The molecule has 0 spiro atoms. The molecule has 1 aromatic heterocycles. The topological polar surface area (TPSA) is 42.4 Å². The zero-order chi connectivity index (χ0) is 12.3. The first-order chi connectivity index (χ1) is 8.24. The SMILES string of the molecule is Cc1cccnc1C(=O)N1CCOCC1CBr. The lowest BCUT2D eigenvalue weighted by Gasteiger charge is -2.34. The lowest BCUT2D eigenvalue weighted by molar-refractivity contribution is 0.00487. The van der Waals surface area contributed by atoms with Gasteiger partial charge in [0.2, 0.25) is 0 Å². The van der Waals surface area contributed by atoms with Crippen LogP contribution in [0.25, 0.3) is 0 Å². The summed E-state index contributed by atoms with van der Waals surface area (Å²) in [4.78, 5) is 18.4. The third kappa shape index (κ3) is 2.66. The molecule has 0 aromatic carbocycles. The van der Waals surface area contributed by atoms with Crippen molar-refractivity contribution < 1.29 is 9.53 Å². The fourth-order valence-corrected chi connectivity index (χ4v) is 2.43. The quantitative estimate of drug-likeness (QED) is 0.780. The van der Waals surface area contributed by atoms with E-state index in [2.05, 4.69) is 20.9 Å². The summed E-state index contributed by atoms with van der Waals surface area (Å²) in [5, 5.41) is 0.727. The predicted octanol–water partition coefficient (Wildman–Crippen LogP) is 1.63. The molecule has 0 aliphatic carbocycles. The number of hydrogen-bond acceptors (Lipinski definition) is 3. The molecule has 0 radical (unpaired) electrons. The third-order valence-electron chi connectivity index (χ3n) is 2.88. The Balaban J connectivity index is 2.21. The predicted molar refractivity (Wildman–Crippen MR) is 68.4 cm³/mol. The number of alkyl halides is 1. The minimum Gasteiger partial charge on any atom is -0.377 e. The van der Waals surface area contributed by atoms with E-state index in [1.54, 1.807) is 6.20 Å². The van der Waals surface area contributed by atoms with Crippen molar-refractivity contribution in [1.29, 1.82) is 0 Å². The number of carbonyl (C=O) groups excluding carboxylic acids is 1. The number of halogens is 1. The van der Waals surface area contributed by atoms with E-state index in [1.807, 2.05) is 24.0 Å². The van der Waals surface area contributed by atoms with Crippen molar-refractivity contribution in [2.45, 2.75) is 13.0 Å². The normalized spacial score (nSPS) is 20.4. The maximum atomic E-state index is 12.4. The van der Waals surface area contributed by atoms with Gasteiger partial charge in [0.1, 0.15) is 5.69 Å². The number of morpholine rings is 1. The Kier molecular flexibility index (Phi) is 4.12. The molecule has 1 aliphatic rings. The Morgan fingerprint density at radius 1 is 1.71 bits per heavy atom. The standard InChI is InChI=1S/C12H15BrN2O2/c1-9-3-2-4-14-11(9)12(16)15-5-6-17-8-10(15)7-13/h2-4,10H,5-8H2,1H3. The molecular weight excluding hydrogens is 284 g/mol. The van der Waals surface area contributed by atoms with Crippen molar-refractivity contribution in [3.05, 3.63) is 29.6 Å². The third-order valence-corrected chi connectivity index (χ3v) is 3.63. The van der Waals surface area contributed by atoms with E-state index in [1.165, 1.54) is 0 Å². The zero-order valence-corrected chi connectivity index (χ0v) is 11.3. The molecule has 0 saturated carbocycles. The van der Waals surface area contributed by atoms with Gasteiger partial charge < -0.3 is 9.64 Å². The number of rotatable bonds is 2. The van der Waals surface area contributed by atoms with Crippen LogP contribution in [0.2, 0.25) is 0 Å². The highest BCUT2D eigenvalue weighted by Crippen LogP contribution is 2.15. The Labute approximate surface area is 109 Å². The molecule has 5 heteroatoms. The molecule has 4 nitrogen and oxygen atoms in total. The average molecular weight is 299 g/mol. The van der Waals surface area contributed by atoms with Crippen LogP contribution in [0.3, 0.4) is 0 Å².